The number of nitrogens with zero attached hydrogens (tertiary/aromatic N) is 2. The third-order valence-corrected chi connectivity index (χ3v) is 5.45. The Morgan fingerprint density at radius 1 is 1.09 bits per heavy atom. The maximum atomic E-state index is 13.2. The number of ketones is 1. The number of ether oxygens (including phenoxy) is 3. The fourth-order valence-corrected chi connectivity index (χ4v) is 3.91. The molecule has 0 bridgehead atoms. The number of Topliss-reactive ketones (excluding diaryl/α,β-unsaturated/α-hetero) is 1. The summed E-state index contributed by atoms with van der Waals surface area (Å²) >= 11 is 0. The first kappa shape index (κ1) is 22.9. The van der Waals surface area contributed by atoms with Crippen molar-refractivity contribution in [2.75, 3.05) is 25.7 Å². The summed E-state index contributed by atoms with van der Waals surface area (Å²) in [5.41, 5.74) is 0.756. The quantitative estimate of drug-likeness (QED) is 0.317. The highest BCUT2D eigenvalue weighted by atomic mass is 16.5. The lowest BCUT2D eigenvalue weighted by Gasteiger charge is -2.23. The molecule has 0 radical (unpaired) electrons. The van der Waals surface area contributed by atoms with Crippen LogP contribution < -0.4 is 19.1 Å². The van der Waals surface area contributed by atoms with Gasteiger partial charge in [0.15, 0.2) is 17.3 Å². The molecule has 1 amide bonds. The van der Waals surface area contributed by atoms with Crippen LogP contribution in [0.3, 0.4) is 0 Å². The summed E-state index contributed by atoms with van der Waals surface area (Å²) < 4.78 is 21.5. The molecule has 1 saturated heterocycles. The van der Waals surface area contributed by atoms with Crippen LogP contribution in [0.2, 0.25) is 0 Å². The van der Waals surface area contributed by atoms with Gasteiger partial charge in [-0.15, -0.1) is 0 Å². The highest BCUT2D eigenvalue weighted by Crippen LogP contribution is 2.44. The van der Waals surface area contributed by atoms with Gasteiger partial charge in [0, 0.05) is 11.6 Å². The molecule has 0 saturated carbocycles. The molecule has 34 heavy (non-hydrogen) atoms. The normalized spacial score (nSPS) is 17.2. The summed E-state index contributed by atoms with van der Waals surface area (Å²) in [7, 11) is 2.99. The molecule has 0 unspecified atom stereocenters. The van der Waals surface area contributed by atoms with Crippen LogP contribution in [0.25, 0.3) is 5.76 Å². The van der Waals surface area contributed by atoms with Gasteiger partial charge < -0.3 is 23.8 Å². The van der Waals surface area contributed by atoms with Crippen LogP contribution in [0.1, 0.15) is 29.9 Å². The number of methoxy groups -OCH3 is 2. The minimum Gasteiger partial charge on any atom is -0.507 e. The Morgan fingerprint density at radius 3 is 2.53 bits per heavy atom. The minimum atomic E-state index is -0.986. The van der Waals surface area contributed by atoms with Gasteiger partial charge >= 0.3 is 5.91 Å². The lowest BCUT2D eigenvalue weighted by Crippen LogP contribution is -2.29. The van der Waals surface area contributed by atoms with Crippen LogP contribution in [-0.2, 0) is 9.59 Å². The summed E-state index contributed by atoms with van der Waals surface area (Å²) in [6.07, 6.45) is 0. The number of aromatic nitrogens is 1. The maximum Gasteiger partial charge on any atom is 0.301 e. The van der Waals surface area contributed by atoms with Gasteiger partial charge in [0.1, 0.15) is 17.3 Å². The average molecular weight is 464 g/mol. The van der Waals surface area contributed by atoms with E-state index in [0.29, 0.717) is 40.7 Å². The molecule has 1 N–H and O–H groups in total. The molecule has 1 aromatic heterocycles. The Hall–Kier alpha value is -4.27. The van der Waals surface area contributed by atoms with Crippen LogP contribution in [0, 0.1) is 6.92 Å². The smallest absolute Gasteiger partial charge is 0.301 e. The Balaban J connectivity index is 1.94. The summed E-state index contributed by atoms with van der Waals surface area (Å²) in [6.45, 7) is 3.96. The van der Waals surface area contributed by atoms with E-state index in [1.54, 1.807) is 55.5 Å². The summed E-state index contributed by atoms with van der Waals surface area (Å²) in [6, 6.07) is 12.2. The van der Waals surface area contributed by atoms with E-state index in [9.17, 15) is 14.7 Å². The first-order chi connectivity index (χ1) is 16.4. The van der Waals surface area contributed by atoms with E-state index in [-0.39, 0.29) is 17.2 Å². The number of carbonyl (C=O) groups excluding carboxylic acids is 2. The average Bonchev–Trinajstić information content (AvgIpc) is 3.39. The second-order valence-corrected chi connectivity index (χ2v) is 7.54. The van der Waals surface area contributed by atoms with Gasteiger partial charge in [-0.1, -0.05) is 23.4 Å². The van der Waals surface area contributed by atoms with Gasteiger partial charge in [-0.05, 0) is 43.7 Å². The zero-order valence-corrected chi connectivity index (χ0v) is 19.2. The molecule has 0 spiro atoms. The largest absolute Gasteiger partial charge is 0.507 e. The standard InChI is InChI=1S/C25H24N2O7/c1-5-33-18-10-9-15(13-19(18)32-4)22-21(23(28)16-7-6-8-17(12-16)31-3)24(29)25(30)27(22)20-11-14(2)34-26-20/h6-13,22,28H,5H2,1-4H3/b23-21+/t22-/m1/s1. The van der Waals surface area contributed by atoms with Gasteiger partial charge in [-0.25, -0.2) is 0 Å². The number of hydrogen-bond donors (Lipinski definition) is 1. The molecule has 2 heterocycles. The van der Waals surface area contributed by atoms with Crippen LogP contribution >= 0.6 is 0 Å². The van der Waals surface area contributed by atoms with Gasteiger partial charge in [0.25, 0.3) is 5.78 Å². The molecule has 1 fully saturated rings. The van der Waals surface area contributed by atoms with Crippen molar-refractivity contribution in [1.29, 1.82) is 0 Å². The fraction of sp³-hybridized carbons (Fsp3) is 0.240. The predicted molar refractivity (Wildman–Crippen MR) is 123 cm³/mol. The van der Waals surface area contributed by atoms with Crippen molar-refractivity contribution in [3.05, 3.63) is 71.0 Å². The second kappa shape index (κ2) is 9.30. The molecule has 0 aliphatic carbocycles. The molecule has 1 aliphatic rings. The number of benzene rings is 2. The number of carbonyl (C=O) groups is 2. The van der Waals surface area contributed by atoms with Gasteiger partial charge in [0.05, 0.1) is 32.4 Å². The molecule has 1 aliphatic heterocycles. The van der Waals surface area contributed by atoms with Crippen LogP contribution in [-0.4, -0.2) is 42.8 Å². The third kappa shape index (κ3) is 3.96. The zero-order chi connectivity index (χ0) is 24.4. The molecule has 9 nitrogen and oxygen atoms in total. The van der Waals surface area contributed by atoms with Gasteiger partial charge in [0.2, 0.25) is 0 Å². The van der Waals surface area contributed by atoms with Crippen molar-refractivity contribution in [3.63, 3.8) is 0 Å². The first-order valence-corrected chi connectivity index (χ1v) is 10.6. The van der Waals surface area contributed by atoms with E-state index < -0.39 is 17.7 Å². The Kier molecular flexibility index (Phi) is 6.27. The predicted octanol–water partition coefficient (Wildman–Crippen LogP) is 4.03. The SMILES string of the molecule is CCOc1ccc([C@@H]2/C(=C(\O)c3cccc(OC)c3)C(=O)C(=O)N2c2cc(C)on2)cc1OC. The van der Waals surface area contributed by atoms with Crippen molar-refractivity contribution < 1.29 is 33.4 Å². The number of anilines is 1. The number of hydrogen-bond acceptors (Lipinski definition) is 8. The molecule has 1 atom stereocenters. The van der Waals surface area contributed by atoms with Crippen LogP contribution in [0.4, 0.5) is 5.82 Å². The van der Waals surface area contributed by atoms with E-state index in [2.05, 4.69) is 5.16 Å². The number of aliphatic hydroxyl groups excluding tert-OH is 1. The minimum absolute atomic E-state index is 0.0925. The number of aryl methyl sites for hydroxylation is 1. The molecule has 176 valence electrons. The molecular weight excluding hydrogens is 440 g/mol. The Labute approximate surface area is 196 Å². The van der Waals surface area contributed by atoms with E-state index in [1.165, 1.54) is 19.1 Å². The molecule has 4 rings (SSSR count). The van der Waals surface area contributed by atoms with Crippen molar-refractivity contribution >= 4 is 23.3 Å². The van der Waals surface area contributed by atoms with Crippen molar-refractivity contribution in [2.45, 2.75) is 19.9 Å². The summed E-state index contributed by atoms with van der Waals surface area (Å²) in [5.74, 6) is 0.0187. The topological polar surface area (TPSA) is 111 Å². The maximum absolute atomic E-state index is 13.2. The summed E-state index contributed by atoms with van der Waals surface area (Å²) in [4.78, 5) is 27.6. The number of aliphatic hydroxyl groups is 1. The van der Waals surface area contributed by atoms with E-state index in [4.69, 9.17) is 18.7 Å². The first-order valence-electron chi connectivity index (χ1n) is 10.6. The van der Waals surface area contributed by atoms with Gasteiger partial charge in [-0.3, -0.25) is 14.5 Å². The Bertz CT molecular complexity index is 1280. The fourth-order valence-electron chi connectivity index (χ4n) is 3.91. The number of amides is 1. The molecular formula is C25H24N2O7. The van der Waals surface area contributed by atoms with Crippen LogP contribution in [0.5, 0.6) is 17.2 Å². The van der Waals surface area contributed by atoms with Crippen molar-refractivity contribution in [3.8, 4) is 17.2 Å². The van der Waals surface area contributed by atoms with E-state index in [0.717, 1.165) is 0 Å². The third-order valence-electron chi connectivity index (χ3n) is 5.45. The molecule has 9 heteroatoms. The second-order valence-electron chi connectivity index (χ2n) is 7.54. The van der Waals surface area contributed by atoms with Crippen LogP contribution in [0.15, 0.2) is 58.6 Å². The lowest BCUT2D eigenvalue weighted by atomic mass is 9.95. The van der Waals surface area contributed by atoms with Crippen molar-refractivity contribution in [2.24, 2.45) is 0 Å². The van der Waals surface area contributed by atoms with E-state index in [1.807, 2.05) is 6.92 Å². The zero-order valence-electron chi connectivity index (χ0n) is 19.2. The van der Waals surface area contributed by atoms with Gasteiger partial charge in [-0.2, -0.15) is 0 Å². The lowest BCUT2D eigenvalue weighted by molar-refractivity contribution is -0.132. The highest BCUT2D eigenvalue weighted by Gasteiger charge is 2.48. The van der Waals surface area contributed by atoms with Crippen molar-refractivity contribution in [1.82, 2.24) is 5.16 Å². The molecule has 2 aromatic carbocycles. The molecule has 3 aromatic rings. The monoisotopic (exact) mass is 464 g/mol. The number of rotatable bonds is 7. The van der Waals surface area contributed by atoms with E-state index >= 15 is 0 Å². The summed E-state index contributed by atoms with van der Waals surface area (Å²) in [5, 5.41) is 15.2. The Morgan fingerprint density at radius 2 is 1.88 bits per heavy atom. The highest BCUT2D eigenvalue weighted by molar-refractivity contribution is 6.51.